The molecule has 1 aliphatic rings. The van der Waals surface area contributed by atoms with E-state index >= 15 is 0 Å². The summed E-state index contributed by atoms with van der Waals surface area (Å²) in [7, 11) is 0. The number of aromatic nitrogens is 1. The van der Waals surface area contributed by atoms with E-state index < -0.39 is 0 Å². The van der Waals surface area contributed by atoms with E-state index in [0.29, 0.717) is 18.9 Å². The van der Waals surface area contributed by atoms with Crippen LogP contribution in [0, 0.1) is 12.8 Å². The molecule has 0 saturated heterocycles. The Hall–Kier alpha value is -0.940. The highest BCUT2D eigenvalue weighted by molar-refractivity contribution is 7.11. The minimum atomic E-state index is 0.110. The van der Waals surface area contributed by atoms with Crippen molar-refractivity contribution in [3.63, 3.8) is 0 Å². The Bertz CT molecular complexity index is 391. The van der Waals surface area contributed by atoms with Gasteiger partial charge in [0.25, 0.3) is 0 Å². The lowest BCUT2D eigenvalue weighted by Gasteiger charge is -2.14. The summed E-state index contributed by atoms with van der Waals surface area (Å²) >= 11 is 1.62. The van der Waals surface area contributed by atoms with Crippen molar-refractivity contribution in [1.82, 2.24) is 10.3 Å². The Morgan fingerprint density at radius 1 is 1.65 bits per heavy atom. The van der Waals surface area contributed by atoms with Crippen LogP contribution >= 0.6 is 11.3 Å². The maximum atomic E-state index is 11.7. The molecule has 17 heavy (non-hydrogen) atoms. The fraction of sp³-hybridized carbons (Fsp3) is 0.667. The van der Waals surface area contributed by atoms with Crippen molar-refractivity contribution in [3.05, 3.63) is 16.1 Å². The molecule has 0 aliphatic heterocycles. The molecule has 0 radical (unpaired) electrons. The van der Waals surface area contributed by atoms with E-state index in [-0.39, 0.29) is 11.9 Å². The molecule has 0 bridgehead atoms. The minimum absolute atomic E-state index is 0.110. The summed E-state index contributed by atoms with van der Waals surface area (Å²) in [6.07, 6.45) is 5.70. The van der Waals surface area contributed by atoms with Gasteiger partial charge in [-0.1, -0.05) is 6.42 Å². The second kappa shape index (κ2) is 5.60. The lowest BCUT2D eigenvalue weighted by Crippen LogP contribution is -2.31. The van der Waals surface area contributed by atoms with Crippen molar-refractivity contribution in [1.29, 1.82) is 0 Å². The zero-order valence-electron chi connectivity index (χ0n) is 10.1. The number of carbonyl (C=O) groups is 1. The third kappa shape index (κ3) is 3.51. The normalized spacial score (nSPS) is 23.9. The SMILES string of the molecule is Cc1ncc(CNC(=O)C[C@@H]2CCC[C@H]2N)s1. The summed E-state index contributed by atoms with van der Waals surface area (Å²) in [5.41, 5.74) is 5.95. The van der Waals surface area contributed by atoms with E-state index in [9.17, 15) is 4.79 Å². The molecule has 1 aromatic heterocycles. The first kappa shape index (κ1) is 12.5. The van der Waals surface area contributed by atoms with Crippen LogP contribution in [0.2, 0.25) is 0 Å². The maximum Gasteiger partial charge on any atom is 0.220 e. The van der Waals surface area contributed by atoms with Crippen LogP contribution in [-0.2, 0) is 11.3 Å². The summed E-state index contributed by atoms with van der Waals surface area (Å²) in [4.78, 5) is 17.0. The van der Waals surface area contributed by atoms with Crippen LogP contribution in [0.5, 0.6) is 0 Å². The first-order valence-corrected chi connectivity index (χ1v) is 6.90. The Balaban J connectivity index is 1.74. The van der Waals surface area contributed by atoms with Gasteiger partial charge in [-0.05, 0) is 25.7 Å². The van der Waals surface area contributed by atoms with Gasteiger partial charge in [-0.25, -0.2) is 4.98 Å². The van der Waals surface area contributed by atoms with Crippen LogP contribution in [0.1, 0.15) is 35.6 Å². The number of carbonyl (C=O) groups excluding carboxylic acids is 1. The molecule has 1 amide bonds. The van der Waals surface area contributed by atoms with E-state index in [0.717, 1.165) is 29.1 Å². The molecule has 1 aliphatic carbocycles. The highest BCUT2D eigenvalue weighted by Gasteiger charge is 2.25. The van der Waals surface area contributed by atoms with Crippen molar-refractivity contribution in [2.45, 2.75) is 45.2 Å². The predicted molar refractivity (Wildman–Crippen MR) is 68.6 cm³/mol. The van der Waals surface area contributed by atoms with Gasteiger partial charge in [0.1, 0.15) is 0 Å². The number of rotatable bonds is 4. The molecule has 0 spiro atoms. The zero-order chi connectivity index (χ0) is 12.3. The van der Waals surface area contributed by atoms with E-state index in [1.165, 1.54) is 0 Å². The first-order chi connectivity index (χ1) is 8.15. The lowest BCUT2D eigenvalue weighted by molar-refractivity contribution is -0.122. The third-order valence-corrected chi connectivity index (χ3v) is 4.21. The molecule has 0 unspecified atom stereocenters. The minimum Gasteiger partial charge on any atom is -0.351 e. The highest BCUT2D eigenvalue weighted by Crippen LogP contribution is 2.26. The first-order valence-electron chi connectivity index (χ1n) is 6.08. The van der Waals surface area contributed by atoms with E-state index in [1.54, 1.807) is 11.3 Å². The number of hydrogen-bond donors (Lipinski definition) is 2. The fourth-order valence-corrected chi connectivity index (χ4v) is 3.04. The summed E-state index contributed by atoms with van der Waals surface area (Å²) in [6.45, 7) is 2.56. The Morgan fingerprint density at radius 3 is 3.06 bits per heavy atom. The monoisotopic (exact) mass is 253 g/mol. The maximum absolute atomic E-state index is 11.7. The topological polar surface area (TPSA) is 68.0 Å². The van der Waals surface area contributed by atoms with E-state index in [2.05, 4.69) is 10.3 Å². The number of nitrogens with two attached hydrogens (primary N) is 1. The van der Waals surface area contributed by atoms with Gasteiger partial charge in [-0.3, -0.25) is 4.79 Å². The van der Waals surface area contributed by atoms with E-state index in [4.69, 9.17) is 5.73 Å². The number of thiazole rings is 1. The van der Waals surface area contributed by atoms with Gasteiger partial charge < -0.3 is 11.1 Å². The van der Waals surface area contributed by atoms with Crippen molar-refractivity contribution in [3.8, 4) is 0 Å². The number of nitrogens with one attached hydrogen (secondary N) is 1. The molecule has 3 N–H and O–H groups in total. The van der Waals surface area contributed by atoms with Gasteiger partial charge in [0.2, 0.25) is 5.91 Å². The molecule has 1 fully saturated rings. The molecule has 5 heteroatoms. The standard InChI is InChI=1S/C12H19N3OS/c1-8-14-6-10(17-8)7-15-12(16)5-9-3-2-4-11(9)13/h6,9,11H,2-5,7,13H2,1H3,(H,15,16)/t9-,11+/m0/s1. The van der Waals surface area contributed by atoms with Crippen LogP contribution in [0.15, 0.2) is 6.20 Å². The van der Waals surface area contributed by atoms with Gasteiger partial charge in [0, 0.05) is 23.5 Å². The van der Waals surface area contributed by atoms with E-state index in [1.807, 2.05) is 13.1 Å². The van der Waals surface area contributed by atoms with Crippen molar-refractivity contribution in [2.24, 2.45) is 11.7 Å². The van der Waals surface area contributed by atoms with Gasteiger partial charge >= 0.3 is 0 Å². The van der Waals surface area contributed by atoms with Crippen LogP contribution in [0.3, 0.4) is 0 Å². The largest absolute Gasteiger partial charge is 0.351 e. The van der Waals surface area contributed by atoms with Crippen LogP contribution in [0.25, 0.3) is 0 Å². The average Bonchev–Trinajstić information content (AvgIpc) is 2.86. The van der Waals surface area contributed by atoms with Gasteiger partial charge in [-0.15, -0.1) is 11.3 Å². The second-order valence-electron chi connectivity index (χ2n) is 4.68. The quantitative estimate of drug-likeness (QED) is 0.856. The van der Waals surface area contributed by atoms with Crippen LogP contribution in [0.4, 0.5) is 0 Å². The molecule has 2 atom stereocenters. The highest BCUT2D eigenvalue weighted by atomic mass is 32.1. The molecule has 4 nitrogen and oxygen atoms in total. The van der Waals surface area contributed by atoms with Crippen LogP contribution in [-0.4, -0.2) is 16.9 Å². The van der Waals surface area contributed by atoms with Crippen molar-refractivity contribution in [2.75, 3.05) is 0 Å². The molecular weight excluding hydrogens is 234 g/mol. The Labute approximate surface area is 106 Å². The molecule has 0 aromatic carbocycles. The van der Waals surface area contributed by atoms with Crippen molar-refractivity contribution < 1.29 is 4.79 Å². The number of aryl methyl sites for hydroxylation is 1. The smallest absolute Gasteiger partial charge is 0.220 e. The predicted octanol–water partition coefficient (Wildman–Crippen LogP) is 1.59. The third-order valence-electron chi connectivity index (χ3n) is 3.29. The lowest BCUT2D eigenvalue weighted by atomic mass is 10.00. The van der Waals surface area contributed by atoms with Crippen LogP contribution < -0.4 is 11.1 Å². The zero-order valence-corrected chi connectivity index (χ0v) is 10.9. The molecule has 1 aromatic rings. The molecule has 94 valence electrons. The summed E-state index contributed by atoms with van der Waals surface area (Å²) in [5.74, 6) is 0.483. The second-order valence-corrected chi connectivity index (χ2v) is 6.00. The van der Waals surface area contributed by atoms with Gasteiger partial charge in [-0.2, -0.15) is 0 Å². The summed E-state index contributed by atoms with van der Waals surface area (Å²) in [5, 5.41) is 3.97. The Kier molecular flexibility index (Phi) is 4.12. The fourth-order valence-electron chi connectivity index (χ4n) is 2.30. The number of nitrogens with zero attached hydrogens (tertiary/aromatic N) is 1. The summed E-state index contributed by atoms with van der Waals surface area (Å²) in [6, 6.07) is 0.214. The number of hydrogen-bond acceptors (Lipinski definition) is 4. The molecule has 1 heterocycles. The molecule has 2 rings (SSSR count). The summed E-state index contributed by atoms with van der Waals surface area (Å²) < 4.78 is 0. The van der Waals surface area contributed by atoms with Crippen molar-refractivity contribution >= 4 is 17.2 Å². The number of amides is 1. The molecular formula is C12H19N3OS. The Morgan fingerprint density at radius 2 is 2.47 bits per heavy atom. The molecule has 1 saturated carbocycles. The van der Waals surface area contributed by atoms with Gasteiger partial charge in [0.05, 0.1) is 11.6 Å². The van der Waals surface area contributed by atoms with Gasteiger partial charge in [0.15, 0.2) is 0 Å². The average molecular weight is 253 g/mol.